The van der Waals surface area contributed by atoms with Crippen molar-refractivity contribution in [3.63, 3.8) is 0 Å². The Morgan fingerprint density at radius 1 is 1.14 bits per heavy atom. The van der Waals surface area contributed by atoms with Crippen LogP contribution in [0.1, 0.15) is 41.4 Å². The van der Waals surface area contributed by atoms with Crippen LogP contribution in [0.4, 0.5) is 5.82 Å². The zero-order chi connectivity index (χ0) is 20.2. The lowest BCUT2D eigenvalue weighted by molar-refractivity contribution is 0.0951. The largest absolute Gasteiger partial charge is 0.354 e. The van der Waals surface area contributed by atoms with Crippen LogP contribution in [0.15, 0.2) is 35.5 Å². The lowest BCUT2D eigenvalue weighted by atomic mass is 10.1. The number of aryl methyl sites for hydroxylation is 1. The third-order valence-corrected chi connectivity index (χ3v) is 6.35. The Bertz CT molecular complexity index is 845. The summed E-state index contributed by atoms with van der Waals surface area (Å²) in [7, 11) is 2.16. The van der Waals surface area contributed by atoms with Crippen LogP contribution in [0.2, 0.25) is 0 Å². The highest BCUT2D eigenvalue weighted by atomic mass is 32.2. The number of rotatable bonds is 7. The zero-order valence-electron chi connectivity index (χ0n) is 17.2. The number of hydrogen-bond donors (Lipinski definition) is 1. The maximum atomic E-state index is 12.1. The van der Waals surface area contributed by atoms with E-state index in [0.717, 1.165) is 73.4 Å². The number of anilines is 1. The van der Waals surface area contributed by atoms with Gasteiger partial charge in [0.15, 0.2) is 5.16 Å². The average molecular weight is 412 g/mol. The molecule has 1 aromatic heterocycles. The molecule has 0 radical (unpaired) electrons. The van der Waals surface area contributed by atoms with E-state index in [1.807, 2.05) is 24.3 Å². The summed E-state index contributed by atoms with van der Waals surface area (Å²) in [4.78, 5) is 26.4. The van der Waals surface area contributed by atoms with Gasteiger partial charge in [0.2, 0.25) is 0 Å². The first-order valence-corrected chi connectivity index (χ1v) is 11.4. The number of hydrogen-bond acceptors (Lipinski definition) is 6. The molecule has 4 rings (SSSR count). The third-order valence-electron chi connectivity index (χ3n) is 5.43. The Hall–Kier alpha value is -2.12. The Kier molecular flexibility index (Phi) is 6.35. The molecule has 29 heavy (non-hydrogen) atoms. The number of aromatic nitrogens is 2. The molecule has 0 spiro atoms. The fourth-order valence-corrected chi connectivity index (χ4v) is 4.13. The number of likely N-dealkylation sites (N-methyl/N-ethyl adjacent to an activating group) is 1. The van der Waals surface area contributed by atoms with E-state index < -0.39 is 0 Å². The van der Waals surface area contributed by atoms with Crippen molar-refractivity contribution in [2.24, 2.45) is 0 Å². The lowest BCUT2D eigenvalue weighted by Gasteiger charge is -2.33. The fourth-order valence-electron chi connectivity index (χ4n) is 3.30. The van der Waals surface area contributed by atoms with Crippen molar-refractivity contribution in [2.45, 2.75) is 43.1 Å². The molecule has 1 amide bonds. The Labute approximate surface area is 177 Å². The summed E-state index contributed by atoms with van der Waals surface area (Å²) >= 11 is 1.66. The van der Waals surface area contributed by atoms with Gasteiger partial charge >= 0.3 is 0 Å². The van der Waals surface area contributed by atoms with Gasteiger partial charge in [-0.1, -0.05) is 30.8 Å². The summed E-state index contributed by atoms with van der Waals surface area (Å²) in [5.74, 6) is 1.86. The molecule has 2 aromatic rings. The summed E-state index contributed by atoms with van der Waals surface area (Å²) in [5, 5.41) is 3.86. The van der Waals surface area contributed by atoms with Crippen LogP contribution >= 0.6 is 11.8 Å². The van der Waals surface area contributed by atoms with E-state index in [2.05, 4.69) is 35.2 Å². The second-order valence-corrected chi connectivity index (χ2v) is 8.82. The van der Waals surface area contributed by atoms with Gasteiger partial charge in [-0.05, 0) is 44.0 Å². The second-order valence-electron chi connectivity index (χ2n) is 7.88. The second kappa shape index (κ2) is 9.13. The van der Waals surface area contributed by atoms with Crippen molar-refractivity contribution in [2.75, 3.05) is 38.1 Å². The first kappa shape index (κ1) is 20.2. The van der Waals surface area contributed by atoms with Crippen molar-refractivity contribution < 1.29 is 4.79 Å². The van der Waals surface area contributed by atoms with Gasteiger partial charge < -0.3 is 15.1 Å². The number of carbonyl (C=O) groups is 1. The number of piperazine rings is 1. The molecule has 2 heterocycles. The summed E-state index contributed by atoms with van der Waals surface area (Å²) in [6.45, 7) is 6.27. The lowest BCUT2D eigenvalue weighted by Crippen LogP contribution is -2.44. The highest BCUT2D eigenvalue weighted by molar-refractivity contribution is 7.98. The molecule has 0 atom stereocenters. The SMILES string of the molecule is CCc1cc(N2CCN(C)CC2)nc(SCc2ccc(C(=O)NC3CC3)cc2)n1. The number of benzene rings is 1. The molecule has 1 saturated carbocycles. The monoisotopic (exact) mass is 411 g/mol. The van der Waals surface area contributed by atoms with E-state index in [9.17, 15) is 4.79 Å². The molecule has 1 N–H and O–H groups in total. The van der Waals surface area contributed by atoms with Gasteiger partial charge in [-0.3, -0.25) is 4.79 Å². The quantitative estimate of drug-likeness (QED) is 0.558. The first-order valence-electron chi connectivity index (χ1n) is 10.4. The van der Waals surface area contributed by atoms with Crippen molar-refractivity contribution in [1.82, 2.24) is 20.2 Å². The molecule has 6 nitrogen and oxygen atoms in total. The highest BCUT2D eigenvalue weighted by Gasteiger charge is 2.23. The van der Waals surface area contributed by atoms with Crippen LogP contribution in [-0.4, -0.2) is 60.0 Å². The van der Waals surface area contributed by atoms with E-state index in [1.54, 1.807) is 11.8 Å². The standard InChI is InChI=1S/C22H29N5OS/c1-3-18-14-20(27-12-10-26(2)11-13-27)25-22(24-18)29-15-16-4-6-17(7-5-16)21(28)23-19-8-9-19/h4-7,14,19H,3,8-13,15H2,1-2H3,(H,23,28). The maximum absolute atomic E-state index is 12.1. The number of nitrogens with zero attached hydrogens (tertiary/aromatic N) is 4. The minimum absolute atomic E-state index is 0.0301. The van der Waals surface area contributed by atoms with Gasteiger partial charge in [-0.2, -0.15) is 0 Å². The number of carbonyl (C=O) groups excluding carboxylic acids is 1. The van der Waals surface area contributed by atoms with Gasteiger partial charge in [0.25, 0.3) is 5.91 Å². The topological polar surface area (TPSA) is 61.4 Å². The number of nitrogens with one attached hydrogen (secondary N) is 1. The van der Waals surface area contributed by atoms with E-state index >= 15 is 0 Å². The summed E-state index contributed by atoms with van der Waals surface area (Å²) < 4.78 is 0. The normalized spacial score (nSPS) is 17.4. The van der Waals surface area contributed by atoms with Crippen molar-refractivity contribution in [1.29, 1.82) is 0 Å². The summed E-state index contributed by atoms with van der Waals surface area (Å²) in [6.07, 6.45) is 3.11. The minimum Gasteiger partial charge on any atom is -0.354 e. The Morgan fingerprint density at radius 2 is 1.86 bits per heavy atom. The molecule has 1 aliphatic carbocycles. The molecule has 0 bridgehead atoms. The van der Waals surface area contributed by atoms with Gasteiger partial charge in [0, 0.05) is 55.3 Å². The van der Waals surface area contributed by atoms with Gasteiger partial charge in [0.1, 0.15) is 5.82 Å². The molecule has 1 aromatic carbocycles. The molecule has 1 saturated heterocycles. The Morgan fingerprint density at radius 3 is 2.52 bits per heavy atom. The van der Waals surface area contributed by atoms with Gasteiger partial charge in [0.05, 0.1) is 0 Å². The average Bonchev–Trinajstić information content (AvgIpc) is 3.57. The van der Waals surface area contributed by atoms with Crippen molar-refractivity contribution in [3.8, 4) is 0 Å². The fraction of sp³-hybridized carbons (Fsp3) is 0.500. The van der Waals surface area contributed by atoms with Crippen LogP contribution < -0.4 is 10.2 Å². The van der Waals surface area contributed by atoms with Crippen molar-refractivity contribution in [3.05, 3.63) is 47.2 Å². The van der Waals surface area contributed by atoms with Crippen LogP contribution in [0.3, 0.4) is 0 Å². The number of thioether (sulfide) groups is 1. The third kappa shape index (κ3) is 5.48. The molecular formula is C22H29N5OS. The van der Waals surface area contributed by atoms with Crippen LogP contribution in [0.25, 0.3) is 0 Å². The number of amides is 1. The summed E-state index contributed by atoms with van der Waals surface area (Å²) in [6, 6.07) is 10.4. The smallest absolute Gasteiger partial charge is 0.251 e. The minimum atomic E-state index is 0.0301. The van der Waals surface area contributed by atoms with Crippen LogP contribution in [0, 0.1) is 0 Å². The van der Waals surface area contributed by atoms with Gasteiger partial charge in [-0.25, -0.2) is 9.97 Å². The predicted octanol–water partition coefficient (Wildman–Crippen LogP) is 2.98. The van der Waals surface area contributed by atoms with Crippen LogP contribution in [0.5, 0.6) is 0 Å². The Balaban J connectivity index is 1.39. The van der Waals surface area contributed by atoms with E-state index in [-0.39, 0.29) is 5.91 Å². The molecular weight excluding hydrogens is 382 g/mol. The predicted molar refractivity (Wildman–Crippen MR) is 118 cm³/mol. The molecule has 154 valence electrons. The van der Waals surface area contributed by atoms with Crippen molar-refractivity contribution >= 4 is 23.5 Å². The van der Waals surface area contributed by atoms with E-state index in [1.165, 1.54) is 5.56 Å². The summed E-state index contributed by atoms with van der Waals surface area (Å²) in [5.41, 5.74) is 2.99. The molecule has 0 unspecified atom stereocenters. The molecule has 2 aliphatic rings. The van der Waals surface area contributed by atoms with Crippen LogP contribution in [-0.2, 0) is 12.2 Å². The zero-order valence-corrected chi connectivity index (χ0v) is 18.0. The molecule has 1 aliphatic heterocycles. The molecule has 2 fully saturated rings. The first-order chi connectivity index (χ1) is 14.1. The van der Waals surface area contributed by atoms with E-state index in [0.29, 0.717) is 6.04 Å². The van der Waals surface area contributed by atoms with E-state index in [4.69, 9.17) is 9.97 Å². The highest BCUT2D eigenvalue weighted by Crippen LogP contribution is 2.24. The molecule has 7 heteroatoms. The maximum Gasteiger partial charge on any atom is 0.251 e. The van der Waals surface area contributed by atoms with Gasteiger partial charge in [-0.15, -0.1) is 0 Å².